The molecule has 3 N–H and O–H groups in total. The molecule has 0 unspecified atom stereocenters. The molecule has 11 heteroatoms. The van der Waals surface area contributed by atoms with Crippen molar-refractivity contribution in [3.8, 4) is 28.3 Å². The van der Waals surface area contributed by atoms with Gasteiger partial charge in [0.25, 0.3) is 0 Å². The molecule has 4 aromatic heterocycles. The number of hydrogen-bond acceptors (Lipinski definition) is 8. The molecule has 1 fully saturated rings. The van der Waals surface area contributed by atoms with Crippen molar-refractivity contribution in [2.45, 2.75) is 25.7 Å². The minimum Gasteiger partial charge on any atom is -0.469 e. The van der Waals surface area contributed by atoms with E-state index in [9.17, 15) is 14.0 Å². The van der Waals surface area contributed by atoms with Gasteiger partial charge in [-0.3, -0.25) is 14.2 Å². The number of nitrogens with zero attached hydrogens (tertiary/aromatic N) is 5. The second-order valence-electron chi connectivity index (χ2n) is 10.2. The number of benzene rings is 1. The normalized spacial score (nSPS) is 16.7. The molecule has 4 heterocycles. The molecule has 0 saturated heterocycles. The lowest BCUT2D eigenvalue weighted by Crippen LogP contribution is -2.30. The molecular weight excluding hydrogens is 537 g/mol. The van der Waals surface area contributed by atoms with E-state index in [1.54, 1.807) is 36.7 Å². The first-order valence-electron chi connectivity index (χ1n) is 13.6. The highest BCUT2D eigenvalue weighted by atomic mass is 19.1. The summed E-state index contributed by atoms with van der Waals surface area (Å²) in [4.78, 5) is 43.2. The van der Waals surface area contributed by atoms with E-state index in [1.165, 1.54) is 19.2 Å². The third-order valence-corrected chi connectivity index (χ3v) is 7.61. The predicted molar refractivity (Wildman–Crippen MR) is 156 cm³/mol. The van der Waals surface area contributed by atoms with Gasteiger partial charge in [-0.15, -0.1) is 0 Å². The number of nitrogens with two attached hydrogens (primary N) is 1. The fourth-order valence-corrected chi connectivity index (χ4v) is 5.35. The van der Waals surface area contributed by atoms with Gasteiger partial charge in [-0.25, -0.2) is 24.3 Å². The van der Waals surface area contributed by atoms with Crippen LogP contribution in [0.15, 0.2) is 73.1 Å². The van der Waals surface area contributed by atoms with Gasteiger partial charge in [0.1, 0.15) is 23.0 Å². The minimum absolute atomic E-state index is 0.124. The Balaban J connectivity index is 1.32. The SMILES string of the molecule is COC(=O)C1CCC(C(=O)Nc2ccc(-n3c(-c4cccnc4N)nc4ccc(-c5ccc(F)cc5)nc43)cn2)CC1. The molecule has 6 rings (SSSR count). The molecule has 1 saturated carbocycles. The molecule has 1 aliphatic rings. The topological polar surface area (TPSA) is 138 Å². The third kappa shape index (κ3) is 5.28. The molecule has 42 heavy (non-hydrogen) atoms. The number of halogens is 1. The largest absolute Gasteiger partial charge is 0.469 e. The Morgan fingerprint density at radius 3 is 2.40 bits per heavy atom. The molecule has 0 radical (unpaired) electrons. The Morgan fingerprint density at radius 2 is 1.71 bits per heavy atom. The van der Waals surface area contributed by atoms with Crippen LogP contribution in [0.4, 0.5) is 16.0 Å². The van der Waals surface area contributed by atoms with Gasteiger partial charge >= 0.3 is 5.97 Å². The number of nitrogens with one attached hydrogen (secondary N) is 1. The third-order valence-electron chi connectivity index (χ3n) is 7.61. The maximum absolute atomic E-state index is 13.5. The molecule has 212 valence electrons. The number of nitrogen functional groups attached to an aromatic ring is 1. The monoisotopic (exact) mass is 565 g/mol. The maximum Gasteiger partial charge on any atom is 0.308 e. The number of pyridine rings is 3. The summed E-state index contributed by atoms with van der Waals surface area (Å²) in [6, 6.07) is 17.0. The Labute approximate surface area is 240 Å². The lowest BCUT2D eigenvalue weighted by molar-refractivity contribution is -0.147. The highest BCUT2D eigenvalue weighted by Gasteiger charge is 2.30. The van der Waals surface area contributed by atoms with Crippen LogP contribution in [0.25, 0.3) is 39.5 Å². The molecular formula is C31H28FN7O3. The molecule has 0 aliphatic heterocycles. The molecule has 0 bridgehead atoms. The smallest absolute Gasteiger partial charge is 0.308 e. The van der Waals surface area contributed by atoms with Crippen LogP contribution in [-0.4, -0.2) is 43.5 Å². The molecule has 1 aromatic carbocycles. The Bertz CT molecular complexity index is 1760. The number of aromatic nitrogens is 5. The summed E-state index contributed by atoms with van der Waals surface area (Å²) >= 11 is 0. The Morgan fingerprint density at radius 1 is 0.952 bits per heavy atom. The van der Waals surface area contributed by atoms with Crippen molar-refractivity contribution in [1.29, 1.82) is 0 Å². The number of anilines is 2. The van der Waals surface area contributed by atoms with Crippen molar-refractivity contribution in [3.05, 3.63) is 78.9 Å². The standard InChI is InChI=1S/C31H28FN7O3/c1-42-31(41)20-6-4-19(5-7-20)30(40)38-26-15-12-22(17-35-26)39-28(23-3-2-16-34-27(23)33)37-25-14-13-24(36-29(25)39)18-8-10-21(32)11-9-18/h2-3,8-17,19-20H,4-7H2,1H3,(H2,33,34)(H,35,38,40). The Kier molecular flexibility index (Phi) is 7.30. The first kappa shape index (κ1) is 27.0. The highest BCUT2D eigenvalue weighted by Crippen LogP contribution is 2.33. The number of esters is 1. The van der Waals surface area contributed by atoms with Crippen LogP contribution in [0.1, 0.15) is 25.7 Å². The van der Waals surface area contributed by atoms with E-state index in [-0.39, 0.29) is 29.5 Å². The first-order valence-corrected chi connectivity index (χ1v) is 13.6. The van der Waals surface area contributed by atoms with Crippen LogP contribution in [0, 0.1) is 17.7 Å². The van der Waals surface area contributed by atoms with Gasteiger partial charge in [-0.2, -0.15) is 0 Å². The van der Waals surface area contributed by atoms with Crippen molar-refractivity contribution in [2.24, 2.45) is 11.8 Å². The van der Waals surface area contributed by atoms with Crippen molar-refractivity contribution in [2.75, 3.05) is 18.2 Å². The van der Waals surface area contributed by atoms with Crippen LogP contribution in [0.3, 0.4) is 0 Å². The quantitative estimate of drug-likeness (QED) is 0.269. The second kappa shape index (κ2) is 11.4. The molecule has 10 nitrogen and oxygen atoms in total. The van der Waals surface area contributed by atoms with Crippen molar-refractivity contribution in [1.82, 2.24) is 24.5 Å². The summed E-state index contributed by atoms with van der Waals surface area (Å²) < 4.78 is 20.2. The first-order chi connectivity index (χ1) is 20.4. The minimum atomic E-state index is -0.327. The summed E-state index contributed by atoms with van der Waals surface area (Å²) in [6.07, 6.45) is 5.71. The van der Waals surface area contributed by atoms with E-state index in [2.05, 4.69) is 15.3 Å². The van der Waals surface area contributed by atoms with Crippen LogP contribution < -0.4 is 11.1 Å². The van der Waals surface area contributed by atoms with E-state index in [1.807, 2.05) is 28.8 Å². The number of rotatable bonds is 6. The maximum atomic E-state index is 13.5. The lowest BCUT2D eigenvalue weighted by atomic mass is 9.81. The zero-order chi connectivity index (χ0) is 29.2. The van der Waals surface area contributed by atoms with Crippen molar-refractivity contribution < 1.29 is 18.7 Å². The average molecular weight is 566 g/mol. The average Bonchev–Trinajstić information content (AvgIpc) is 3.40. The molecule has 1 aliphatic carbocycles. The van der Waals surface area contributed by atoms with E-state index in [0.717, 1.165) is 5.56 Å². The van der Waals surface area contributed by atoms with Crippen LogP contribution in [-0.2, 0) is 14.3 Å². The van der Waals surface area contributed by atoms with Crippen LogP contribution in [0.5, 0.6) is 0 Å². The van der Waals surface area contributed by atoms with Crippen molar-refractivity contribution in [3.63, 3.8) is 0 Å². The number of fused-ring (bicyclic) bond motifs is 1. The molecule has 1 amide bonds. The number of imidazole rings is 1. The summed E-state index contributed by atoms with van der Waals surface area (Å²) in [5, 5.41) is 2.90. The van der Waals surface area contributed by atoms with Gasteiger partial charge in [-0.05, 0) is 86.3 Å². The molecule has 0 spiro atoms. The summed E-state index contributed by atoms with van der Waals surface area (Å²) in [7, 11) is 1.39. The van der Waals surface area contributed by atoms with E-state index < -0.39 is 0 Å². The van der Waals surface area contributed by atoms with Crippen molar-refractivity contribution >= 4 is 34.7 Å². The number of carbonyl (C=O) groups excluding carboxylic acids is 2. The number of carbonyl (C=O) groups is 2. The van der Waals surface area contributed by atoms with Gasteiger partial charge in [0, 0.05) is 17.7 Å². The van der Waals surface area contributed by atoms with Gasteiger partial charge in [0.15, 0.2) is 11.5 Å². The van der Waals surface area contributed by atoms with Crippen LogP contribution in [0.2, 0.25) is 0 Å². The fraction of sp³-hybridized carbons (Fsp3) is 0.226. The lowest BCUT2D eigenvalue weighted by Gasteiger charge is -2.25. The fourth-order valence-electron chi connectivity index (χ4n) is 5.35. The van der Waals surface area contributed by atoms with Gasteiger partial charge in [0.05, 0.1) is 36.2 Å². The number of hydrogen-bond donors (Lipinski definition) is 2. The zero-order valence-corrected chi connectivity index (χ0v) is 22.8. The molecule has 5 aromatic rings. The number of amides is 1. The summed E-state index contributed by atoms with van der Waals surface area (Å²) in [5.41, 5.74) is 10.1. The van der Waals surface area contributed by atoms with Gasteiger partial charge in [0.2, 0.25) is 5.91 Å². The van der Waals surface area contributed by atoms with Crippen LogP contribution >= 0.6 is 0 Å². The zero-order valence-electron chi connectivity index (χ0n) is 22.8. The van der Waals surface area contributed by atoms with Gasteiger partial charge in [-0.1, -0.05) is 0 Å². The van der Waals surface area contributed by atoms with E-state index in [0.29, 0.717) is 71.3 Å². The van der Waals surface area contributed by atoms with E-state index >= 15 is 0 Å². The highest BCUT2D eigenvalue weighted by molar-refractivity contribution is 5.92. The molecule has 0 atom stereocenters. The van der Waals surface area contributed by atoms with Gasteiger partial charge < -0.3 is 15.8 Å². The predicted octanol–water partition coefficient (Wildman–Crippen LogP) is 5.18. The Hall–Kier alpha value is -5.19. The summed E-state index contributed by atoms with van der Waals surface area (Å²) in [6.45, 7) is 0. The van der Waals surface area contributed by atoms with E-state index in [4.69, 9.17) is 20.4 Å². The number of methoxy groups -OCH3 is 1. The second-order valence-corrected chi connectivity index (χ2v) is 10.2. The number of ether oxygens (including phenoxy) is 1. The summed E-state index contributed by atoms with van der Waals surface area (Å²) in [5.74, 6) is 0.232.